The molecule has 1 aromatic carbocycles. The van der Waals surface area contributed by atoms with Crippen molar-refractivity contribution in [2.24, 2.45) is 0 Å². The first kappa shape index (κ1) is 18.4. The van der Waals surface area contributed by atoms with Gasteiger partial charge in [0, 0.05) is 44.5 Å². The molecule has 0 radical (unpaired) electrons. The summed E-state index contributed by atoms with van der Waals surface area (Å²) in [6.45, 7) is 4.67. The average molecular weight is 379 g/mol. The first-order valence-electron chi connectivity index (χ1n) is 9.58. The number of imidazole rings is 1. The fourth-order valence-electron chi connectivity index (χ4n) is 3.77. The van der Waals surface area contributed by atoms with Gasteiger partial charge in [0.05, 0.1) is 6.61 Å². The number of hydrogen-bond acceptors (Lipinski definition) is 4. The molecule has 0 bridgehead atoms. The number of ether oxygens (including phenoxy) is 1. The minimum atomic E-state index is -0.0641. The Hall–Kier alpha value is -2.93. The van der Waals surface area contributed by atoms with Crippen LogP contribution in [-0.4, -0.2) is 52.3 Å². The molecule has 1 fully saturated rings. The van der Waals surface area contributed by atoms with Gasteiger partial charge in [0.2, 0.25) is 0 Å². The predicted octanol–water partition coefficient (Wildman–Crippen LogP) is 3.41. The number of hydrogen-bond donors (Lipinski definition) is 1. The van der Waals surface area contributed by atoms with E-state index in [2.05, 4.69) is 14.9 Å². The van der Waals surface area contributed by atoms with Crippen molar-refractivity contribution in [3.8, 4) is 0 Å². The fraction of sp³-hybridized carbons (Fsp3) is 0.381. The molecule has 146 valence electrons. The van der Waals surface area contributed by atoms with E-state index >= 15 is 0 Å². The van der Waals surface area contributed by atoms with E-state index in [0.29, 0.717) is 26.2 Å². The third-order valence-corrected chi connectivity index (χ3v) is 5.16. The molecule has 2 aromatic heterocycles. The maximum Gasteiger partial charge on any atom is 0.321 e. The van der Waals surface area contributed by atoms with Gasteiger partial charge in [-0.2, -0.15) is 0 Å². The molecule has 7 nitrogen and oxygen atoms in total. The Morgan fingerprint density at radius 1 is 1.32 bits per heavy atom. The minimum Gasteiger partial charge on any atom is -0.383 e. The van der Waals surface area contributed by atoms with Crippen molar-refractivity contribution in [1.82, 2.24) is 19.4 Å². The predicted molar refractivity (Wildman–Crippen MR) is 109 cm³/mol. The van der Waals surface area contributed by atoms with Crippen molar-refractivity contribution in [2.75, 3.05) is 32.1 Å². The number of carbonyl (C=O) groups excluding carboxylic acids is 1. The minimum absolute atomic E-state index is 0.0641. The molecule has 3 aromatic rings. The fourth-order valence-corrected chi connectivity index (χ4v) is 3.77. The Morgan fingerprint density at radius 2 is 2.21 bits per heavy atom. The molecule has 1 aliphatic heterocycles. The van der Waals surface area contributed by atoms with Crippen LogP contribution in [0.3, 0.4) is 0 Å². The zero-order valence-electron chi connectivity index (χ0n) is 16.3. The highest BCUT2D eigenvalue weighted by atomic mass is 16.5. The molecule has 2 amide bonds. The molecular weight excluding hydrogens is 354 g/mol. The Labute approximate surface area is 164 Å². The number of pyridine rings is 1. The van der Waals surface area contributed by atoms with E-state index in [-0.39, 0.29) is 11.9 Å². The maximum atomic E-state index is 12.7. The third-order valence-electron chi connectivity index (χ3n) is 5.16. The second kappa shape index (κ2) is 7.98. The van der Waals surface area contributed by atoms with Crippen molar-refractivity contribution < 1.29 is 9.53 Å². The number of nitrogens with zero attached hydrogens (tertiary/aromatic N) is 4. The molecule has 0 aliphatic carbocycles. The Balaban J connectivity index is 1.51. The van der Waals surface area contributed by atoms with E-state index in [9.17, 15) is 4.79 Å². The molecule has 0 saturated carbocycles. The zero-order valence-corrected chi connectivity index (χ0v) is 16.3. The van der Waals surface area contributed by atoms with Crippen LogP contribution in [0.1, 0.15) is 23.7 Å². The number of urea groups is 1. The van der Waals surface area contributed by atoms with Crippen molar-refractivity contribution >= 4 is 22.9 Å². The van der Waals surface area contributed by atoms with Gasteiger partial charge in [0.25, 0.3) is 0 Å². The van der Waals surface area contributed by atoms with Crippen LogP contribution in [0.15, 0.2) is 42.6 Å². The molecule has 7 heteroatoms. The van der Waals surface area contributed by atoms with E-state index < -0.39 is 0 Å². The largest absolute Gasteiger partial charge is 0.383 e. The number of likely N-dealkylation sites (tertiary alicyclic amines) is 1. The molecule has 3 heterocycles. The molecule has 4 rings (SSSR count). The molecular formula is C21H25N5O2. The first-order chi connectivity index (χ1) is 13.7. The van der Waals surface area contributed by atoms with Gasteiger partial charge in [0.1, 0.15) is 11.3 Å². The first-order valence-corrected chi connectivity index (χ1v) is 9.58. The molecule has 28 heavy (non-hydrogen) atoms. The normalized spacial score (nSPS) is 16.6. The smallest absolute Gasteiger partial charge is 0.321 e. The molecule has 0 unspecified atom stereocenters. The number of methoxy groups -OCH3 is 1. The summed E-state index contributed by atoms with van der Waals surface area (Å²) in [4.78, 5) is 23.9. The van der Waals surface area contributed by atoms with E-state index in [1.165, 1.54) is 0 Å². The summed E-state index contributed by atoms with van der Waals surface area (Å²) >= 11 is 0. The lowest BCUT2D eigenvalue weighted by Gasteiger charge is -2.18. The number of fused-ring (bicyclic) bond motifs is 1. The Kier molecular flexibility index (Phi) is 5.25. The molecule has 1 saturated heterocycles. The summed E-state index contributed by atoms with van der Waals surface area (Å²) in [5, 5.41) is 3.00. The molecule has 1 atom stereocenters. The quantitative estimate of drug-likeness (QED) is 0.737. The van der Waals surface area contributed by atoms with Gasteiger partial charge in [-0.05, 0) is 43.2 Å². The van der Waals surface area contributed by atoms with Crippen LogP contribution >= 0.6 is 0 Å². The highest BCUT2D eigenvalue weighted by molar-refractivity contribution is 5.89. The number of aryl methyl sites for hydroxylation is 1. The number of anilines is 1. The lowest BCUT2D eigenvalue weighted by Crippen LogP contribution is -2.33. The van der Waals surface area contributed by atoms with E-state index in [1.807, 2.05) is 48.2 Å². The van der Waals surface area contributed by atoms with Crippen molar-refractivity contribution in [3.05, 3.63) is 54.0 Å². The van der Waals surface area contributed by atoms with Crippen LogP contribution in [0.5, 0.6) is 0 Å². The van der Waals surface area contributed by atoms with E-state index in [0.717, 1.165) is 34.7 Å². The van der Waals surface area contributed by atoms with Crippen LogP contribution in [0.2, 0.25) is 0 Å². The van der Waals surface area contributed by atoms with Crippen LogP contribution in [-0.2, 0) is 11.3 Å². The van der Waals surface area contributed by atoms with Gasteiger partial charge in [-0.3, -0.25) is 0 Å². The summed E-state index contributed by atoms with van der Waals surface area (Å²) in [6, 6.07) is 11.7. The van der Waals surface area contributed by atoms with E-state index in [4.69, 9.17) is 9.72 Å². The molecule has 1 N–H and O–H groups in total. The topological polar surface area (TPSA) is 72.3 Å². The molecule has 0 spiro atoms. The second-order valence-corrected chi connectivity index (χ2v) is 7.19. The number of carbonyl (C=O) groups is 1. The van der Waals surface area contributed by atoms with Gasteiger partial charge in [0.15, 0.2) is 5.65 Å². The number of rotatable bonds is 5. The van der Waals surface area contributed by atoms with Crippen LogP contribution in [0.25, 0.3) is 11.2 Å². The lowest BCUT2D eigenvalue weighted by molar-refractivity contribution is 0.186. The molecule has 1 aliphatic rings. The maximum absolute atomic E-state index is 12.7. The van der Waals surface area contributed by atoms with Gasteiger partial charge < -0.3 is 19.5 Å². The van der Waals surface area contributed by atoms with Crippen LogP contribution < -0.4 is 5.32 Å². The zero-order chi connectivity index (χ0) is 19.5. The van der Waals surface area contributed by atoms with Crippen LogP contribution in [0, 0.1) is 6.92 Å². The summed E-state index contributed by atoms with van der Waals surface area (Å²) in [7, 11) is 1.69. The monoisotopic (exact) mass is 379 g/mol. The van der Waals surface area contributed by atoms with Gasteiger partial charge in [-0.1, -0.05) is 12.1 Å². The summed E-state index contributed by atoms with van der Waals surface area (Å²) in [5.41, 5.74) is 3.70. The van der Waals surface area contributed by atoms with Crippen molar-refractivity contribution in [3.63, 3.8) is 0 Å². The number of nitrogens with one attached hydrogen (secondary N) is 1. The summed E-state index contributed by atoms with van der Waals surface area (Å²) < 4.78 is 7.40. The average Bonchev–Trinajstić information content (AvgIpc) is 3.31. The van der Waals surface area contributed by atoms with Crippen molar-refractivity contribution in [1.29, 1.82) is 0 Å². The number of amides is 2. The van der Waals surface area contributed by atoms with Crippen molar-refractivity contribution in [2.45, 2.75) is 25.8 Å². The highest BCUT2D eigenvalue weighted by Crippen LogP contribution is 2.29. The van der Waals surface area contributed by atoms with Gasteiger partial charge in [-0.25, -0.2) is 14.8 Å². The lowest BCUT2D eigenvalue weighted by atomic mass is 10.1. The Bertz CT molecular complexity index is 984. The second-order valence-electron chi connectivity index (χ2n) is 7.19. The van der Waals surface area contributed by atoms with E-state index in [1.54, 1.807) is 13.3 Å². The SMILES string of the molecule is COCCn1c([C@@H]2CCN(C(=O)Nc3cccc(C)c3)C2)nc2cccnc21. The summed E-state index contributed by atoms with van der Waals surface area (Å²) in [6.07, 6.45) is 2.67. The van der Waals surface area contributed by atoms with Crippen LogP contribution in [0.4, 0.5) is 10.5 Å². The Morgan fingerprint density at radius 3 is 3.04 bits per heavy atom. The van der Waals surface area contributed by atoms with Gasteiger partial charge in [-0.15, -0.1) is 0 Å². The number of benzene rings is 1. The highest BCUT2D eigenvalue weighted by Gasteiger charge is 2.31. The summed E-state index contributed by atoms with van der Waals surface area (Å²) in [5.74, 6) is 1.17. The third kappa shape index (κ3) is 3.71. The standard InChI is InChI=1S/C21H25N5O2/c1-15-5-3-6-17(13-15)23-21(27)25-10-8-16(14-25)19-24-18-7-4-9-22-20(18)26(19)11-12-28-2/h3-7,9,13,16H,8,10-12,14H2,1-2H3,(H,23,27)/t16-/m1/s1. The number of aromatic nitrogens is 3. The van der Waals surface area contributed by atoms with Gasteiger partial charge >= 0.3 is 6.03 Å².